The molecular weight excluding hydrogens is 346 g/mol. The number of rotatable bonds is 3. The lowest BCUT2D eigenvalue weighted by Crippen LogP contribution is -2.50. The summed E-state index contributed by atoms with van der Waals surface area (Å²) in [4.78, 5) is 14.7. The molecule has 1 aromatic heterocycles. The molecular formula is C24H35N3O. The van der Waals surface area contributed by atoms with Crippen molar-refractivity contribution in [3.05, 3.63) is 12.4 Å². The summed E-state index contributed by atoms with van der Waals surface area (Å²) in [5.74, 6) is 6.28. The van der Waals surface area contributed by atoms with Crippen LogP contribution >= 0.6 is 0 Å². The number of aromatic nitrogens is 3. The van der Waals surface area contributed by atoms with Gasteiger partial charge in [-0.25, -0.2) is 0 Å². The monoisotopic (exact) mass is 381 g/mol. The maximum absolute atomic E-state index is 13.2. The second-order valence-electron chi connectivity index (χ2n) is 11.4. The largest absolute Gasteiger partial charge is 0.297 e. The van der Waals surface area contributed by atoms with Crippen LogP contribution in [-0.2, 0) is 11.3 Å². The van der Waals surface area contributed by atoms with Gasteiger partial charge in [0.15, 0.2) is 5.78 Å². The zero-order chi connectivity index (χ0) is 19.1. The Bertz CT molecular complexity index is 775. The molecule has 5 aliphatic rings. The average molecular weight is 382 g/mol. The van der Waals surface area contributed by atoms with Crippen molar-refractivity contribution in [1.29, 1.82) is 0 Å². The lowest BCUT2D eigenvalue weighted by atomic mass is 9.48. The fraction of sp³-hybridized carbons (Fsp3) is 0.875. The number of hydrogen-bond donors (Lipinski definition) is 0. The zero-order valence-corrected chi connectivity index (χ0v) is 17.5. The van der Waals surface area contributed by atoms with Gasteiger partial charge in [0.1, 0.15) is 6.54 Å². The molecule has 5 aliphatic carbocycles. The van der Waals surface area contributed by atoms with E-state index in [1.165, 1.54) is 44.9 Å². The first-order valence-electron chi connectivity index (χ1n) is 11.9. The number of fused-ring (bicyclic) bond motifs is 4. The van der Waals surface area contributed by atoms with E-state index in [9.17, 15) is 4.79 Å². The third-order valence-corrected chi connectivity index (χ3v) is 10.6. The Morgan fingerprint density at radius 3 is 2.50 bits per heavy atom. The summed E-state index contributed by atoms with van der Waals surface area (Å²) >= 11 is 0. The fourth-order valence-corrected chi connectivity index (χ4v) is 9.36. The lowest BCUT2D eigenvalue weighted by Gasteiger charge is -2.56. The number of ketones is 1. The smallest absolute Gasteiger partial charge is 0.159 e. The summed E-state index contributed by atoms with van der Waals surface area (Å²) in [5.41, 5.74) is 0.979. The molecule has 28 heavy (non-hydrogen) atoms. The van der Waals surface area contributed by atoms with Crippen LogP contribution in [0.1, 0.15) is 71.6 Å². The molecule has 1 spiro atoms. The second kappa shape index (κ2) is 5.92. The molecule has 4 heteroatoms. The van der Waals surface area contributed by atoms with Crippen LogP contribution in [0.4, 0.5) is 0 Å². The minimum atomic E-state index is 0.223. The van der Waals surface area contributed by atoms with E-state index in [4.69, 9.17) is 0 Å². The molecule has 2 unspecified atom stereocenters. The molecule has 0 amide bonds. The van der Waals surface area contributed by atoms with Gasteiger partial charge in [-0.05, 0) is 97.7 Å². The molecule has 152 valence electrons. The van der Waals surface area contributed by atoms with Gasteiger partial charge in [0.05, 0.1) is 12.4 Å². The quantitative estimate of drug-likeness (QED) is 0.759. The second-order valence-corrected chi connectivity index (χ2v) is 11.4. The molecule has 0 aliphatic heterocycles. The Morgan fingerprint density at radius 1 is 0.964 bits per heavy atom. The van der Waals surface area contributed by atoms with Crippen molar-refractivity contribution in [3.63, 3.8) is 0 Å². The molecule has 5 fully saturated rings. The summed E-state index contributed by atoms with van der Waals surface area (Å²) in [6, 6.07) is 0. The van der Waals surface area contributed by atoms with Crippen molar-refractivity contribution in [2.24, 2.45) is 52.3 Å². The first-order chi connectivity index (χ1) is 13.5. The molecule has 0 saturated heterocycles. The Morgan fingerprint density at radius 2 is 1.68 bits per heavy atom. The van der Waals surface area contributed by atoms with Crippen LogP contribution in [0.2, 0.25) is 0 Å². The molecule has 1 aromatic rings. The molecule has 0 bridgehead atoms. The normalized spacial score (nSPS) is 51.6. The first kappa shape index (κ1) is 17.7. The predicted molar refractivity (Wildman–Crippen MR) is 107 cm³/mol. The van der Waals surface area contributed by atoms with Gasteiger partial charge in [-0.1, -0.05) is 20.3 Å². The van der Waals surface area contributed by atoms with E-state index in [0.29, 0.717) is 12.3 Å². The minimum absolute atomic E-state index is 0.223. The van der Waals surface area contributed by atoms with Crippen molar-refractivity contribution < 1.29 is 4.79 Å². The topological polar surface area (TPSA) is 47.8 Å². The highest BCUT2D eigenvalue weighted by Gasteiger charge is 2.68. The van der Waals surface area contributed by atoms with Crippen molar-refractivity contribution in [1.82, 2.24) is 15.0 Å². The van der Waals surface area contributed by atoms with Crippen LogP contribution in [0.25, 0.3) is 0 Å². The molecule has 0 N–H and O–H groups in total. The van der Waals surface area contributed by atoms with Gasteiger partial charge in [-0.15, -0.1) is 0 Å². The summed E-state index contributed by atoms with van der Waals surface area (Å²) in [6.07, 6.45) is 15.8. The van der Waals surface area contributed by atoms with Gasteiger partial charge in [0.25, 0.3) is 0 Å². The Labute approximate surface area is 168 Å². The Kier molecular flexibility index (Phi) is 3.73. The van der Waals surface area contributed by atoms with Crippen LogP contribution < -0.4 is 0 Å². The van der Waals surface area contributed by atoms with E-state index in [0.717, 1.165) is 47.3 Å². The highest BCUT2D eigenvalue weighted by Crippen LogP contribution is 2.76. The van der Waals surface area contributed by atoms with Gasteiger partial charge in [-0.3, -0.25) is 4.79 Å². The number of Topliss-reactive ketones (excluding diaryl/α,β-unsaturated/α-hetero) is 1. The van der Waals surface area contributed by atoms with Crippen LogP contribution in [-0.4, -0.2) is 20.8 Å². The van der Waals surface area contributed by atoms with E-state index in [2.05, 4.69) is 24.0 Å². The molecule has 6 rings (SSSR count). The molecule has 0 radical (unpaired) electrons. The van der Waals surface area contributed by atoms with E-state index in [-0.39, 0.29) is 11.3 Å². The van der Waals surface area contributed by atoms with Crippen molar-refractivity contribution in [2.75, 3.05) is 0 Å². The summed E-state index contributed by atoms with van der Waals surface area (Å²) in [5, 5.41) is 8.34. The Hall–Kier alpha value is -1.19. The molecule has 5 saturated carbocycles. The van der Waals surface area contributed by atoms with E-state index >= 15 is 0 Å². The van der Waals surface area contributed by atoms with E-state index in [1.807, 2.05) is 0 Å². The van der Waals surface area contributed by atoms with Crippen molar-refractivity contribution in [3.8, 4) is 0 Å². The van der Waals surface area contributed by atoms with Gasteiger partial charge < -0.3 is 0 Å². The average Bonchev–Trinajstić information content (AvgIpc) is 3.02. The third-order valence-electron chi connectivity index (χ3n) is 10.6. The van der Waals surface area contributed by atoms with Crippen LogP contribution in [0.3, 0.4) is 0 Å². The molecule has 1 heterocycles. The predicted octanol–water partition coefficient (Wildman–Crippen LogP) is 4.75. The van der Waals surface area contributed by atoms with Gasteiger partial charge in [0.2, 0.25) is 0 Å². The fourth-order valence-electron chi connectivity index (χ4n) is 9.36. The zero-order valence-electron chi connectivity index (χ0n) is 17.5. The van der Waals surface area contributed by atoms with Crippen molar-refractivity contribution in [2.45, 2.75) is 78.2 Å². The number of hydrogen-bond acceptors (Lipinski definition) is 3. The van der Waals surface area contributed by atoms with Gasteiger partial charge in [-0.2, -0.15) is 15.0 Å². The summed E-state index contributed by atoms with van der Waals surface area (Å²) in [6.45, 7) is 5.34. The molecule has 0 aromatic carbocycles. The Balaban J connectivity index is 1.22. The van der Waals surface area contributed by atoms with E-state index in [1.54, 1.807) is 23.6 Å². The molecule has 4 nitrogen and oxygen atoms in total. The highest BCUT2D eigenvalue weighted by atomic mass is 16.1. The van der Waals surface area contributed by atoms with Gasteiger partial charge >= 0.3 is 0 Å². The van der Waals surface area contributed by atoms with Crippen LogP contribution in [0.15, 0.2) is 12.4 Å². The third kappa shape index (κ3) is 2.26. The lowest BCUT2D eigenvalue weighted by molar-refractivity contribution is -0.132. The number of carbonyl (C=O) groups is 1. The van der Waals surface area contributed by atoms with Crippen LogP contribution in [0.5, 0.6) is 0 Å². The SMILES string of the molecule is C[C@H]1CC[C@@H]2[C@H]3CC[C@]4(C)[C@@H](C(=O)Cn5nccn5)CC[C@H]4[C@@H]3CCC23CC13. The van der Waals surface area contributed by atoms with Crippen molar-refractivity contribution >= 4 is 5.78 Å². The van der Waals surface area contributed by atoms with Crippen LogP contribution in [0, 0.1) is 52.3 Å². The van der Waals surface area contributed by atoms with E-state index < -0.39 is 0 Å². The minimum Gasteiger partial charge on any atom is -0.297 e. The highest BCUT2D eigenvalue weighted by molar-refractivity contribution is 5.81. The number of nitrogens with zero attached hydrogens (tertiary/aromatic N) is 3. The summed E-state index contributed by atoms with van der Waals surface area (Å²) < 4.78 is 0. The molecule has 9 atom stereocenters. The summed E-state index contributed by atoms with van der Waals surface area (Å²) in [7, 11) is 0. The maximum Gasteiger partial charge on any atom is 0.159 e. The maximum atomic E-state index is 13.2. The number of carbonyl (C=O) groups excluding carboxylic acids is 1. The first-order valence-corrected chi connectivity index (χ1v) is 11.9. The van der Waals surface area contributed by atoms with Gasteiger partial charge in [0, 0.05) is 5.92 Å². The standard InChI is InChI=1S/C24H35N3O/c1-15-3-4-19-17-7-9-23(2)18(16(17)8-10-24(19)13-21(15)24)5-6-20(23)22(28)14-27-25-11-12-26-27/h11-12,15-21H,3-10,13-14H2,1-2H3/t15-,16+,17-,18-,19+,20+,21?,23-,24?/m0/s1.